The summed E-state index contributed by atoms with van der Waals surface area (Å²) in [5.41, 5.74) is 6.47. The summed E-state index contributed by atoms with van der Waals surface area (Å²) in [6.45, 7) is 5.19. The van der Waals surface area contributed by atoms with Gasteiger partial charge in [0.05, 0.1) is 18.3 Å². The third-order valence-corrected chi connectivity index (χ3v) is 6.12. The third-order valence-electron chi connectivity index (χ3n) is 6.12. The van der Waals surface area contributed by atoms with Gasteiger partial charge in [-0.05, 0) is 49.6 Å². The van der Waals surface area contributed by atoms with Crippen molar-refractivity contribution in [3.8, 4) is 5.75 Å². The van der Waals surface area contributed by atoms with Gasteiger partial charge in [-0.25, -0.2) is 4.79 Å². The first kappa shape index (κ1) is 20.2. The fraction of sp³-hybridized carbons (Fsp3) is 0.222. The number of rotatable bonds is 4. The molecule has 2 heterocycles. The normalized spacial score (nSPS) is 15.4. The molecule has 1 aromatic heterocycles. The van der Waals surface area contributed by atoms with Gasteiger partial charge >= 0.3 is 6.03 Å². The summed E-state index contributed by atoms with van der Waals surface area (Å²) in [4.78, 5) is 19.1. The number of benzene rings is 3. The van der Waals surface area contributed by atoms with Gasteiger partial charge in [0.2, 0.25) is 0 Å². The fourth-order valence-electron chi connectivity index (χ4n) is 4.59. The van der Waals surface area contributed by atoms with Crippen molar-refractivity contribution in [2.24, 2.45) is 0 Å². The highest BCUT2D eigenvalue weighted by atomic mass is 16.5. The van der Waals surface area contributed by atoms with E-state index in [1.807, 2.05) is 42.2 Å². The van der Waals surface area contributed by atoms with Crippen LogP contribution in [0.1, 0.15) is 35.3 Å². The SMILES string of the molecule is CCOc1ccccc1NC(=O)N1CCc2c([nH]c3ccccc23)[C@H]1c1ccc(C)cc1. The molecule has 0 radical (unpaired) electrons. The van der Waals surface area contributed by atoms with E-state index in [9.17, 15) is 4.79 Å². The lowest BCUT2D eigenvalue weighted by Gasteiger charge is -2.36. The molecule has 2 amide bonds. The molecule has 1 aliphatic rings. The van der Waals surface area contributed by atoms with Crippen molar-refractivity contribution in [2.75, 3.05) is 18.5 Å². The van der Waals surface area contributed by atoms with Crippen LogP contribution in [0.3, 0.4) is 0 Å². The Balaban J connectivity index is 1.55. The van der Waals surface area contributed by atoms with Crippen LogP contribution < -0.4 is 10.1 Å². The summed E-state index contributed by atoms with van der Waals surface area (Å²) < 4.78 is 5.71. The number of hydrogen-bond donors (Lipinski definition) is 2. The van der Waals surface area contributed by atoms with Crippen LogP contribution in [0.25, 0.3) is 10.9 Å². The highest BCUT2D eigenvalue weighted by molar-refractivity contribution is 5.92. The first-order valence-electron chi connectivity index (χ1n) is 11.1. The van der Waals surface area contributed by atoms with E-state index in [1.54, 1.807) is 0 Å². The molecule has 0 bridgehead atoms. The van der Waals surface area contributed by atoms with Gasteiger partial charge < -0.3 is 19.9 Å². The zero-order chi connectivity index (χ0) is 22.1. The second-order valence-electron chi connectivity index (χ2n) is 8.18. The summed E-state index contributed by atoms with van der Waals surface area (Å²) in [5.74, 6) is 0.679. The van der Waals surface area contributed by atoms with Gasteiger partial charge in [0.15, 0.2) is 0 Å². The lowest BCUT2D eigenvalue weighted by molar-refractivity contribution is 0.193. The van der Waals surface area contributed by atoms with Gasteiger partial charge in [0, 0.05) is 23.1 Å². The number of carbonyl (C=O) groups is 1. The quantitative estimate of drug-likeness (QED) is 0.418. The number of aryl methyl sites for hydroxylation is 1. The van der Waals surface area contributed by atoms with Crippen LogP contribution in [0.15, 0.2) is 72.8 Å². The summed E-state index contributed by atoms with van der Waals surface area (Å²) in [5, 5.41) is 4.33. The Bertz CT molecular complexity index is 1260. The minimum atomic E-state index is -0.189. The molecule has 0 saturated heterocycles. The molecule has 2 N–H and O–H groups in total. The monoisotopic (exact) mass is 425 g/mol. The highest BCUT2D eigenvalue weighted by Gasteiger charge is 2.34. The molecule has 5 rings (SSSR count). The molecule has 0 spiro atoms. The summed E-state index contributed by atoms with van der Waals surface area (Å²) in [7, 11) is 0. The van der Waals surface area contributed by atoms with E-state index in [0.717, 1.165) is 23.2 Å². The van der Waals surface area contributed by atoms with Gasteiger partial charge in [0.1, 0.15) is 5.75 Å². The van der Waals surface area contributed by atoms with Crippen LogP contribution in [0.4, 0.5) is 10.5 Å². The van der Waals surface area contributed by atoms with E-state index in [2.05, 4.69) is 59.7 Å². The molecule has 162 valence electrons. The Hall–Kier alpha value is -3.73. The minimum Gasteiger partial charge on any atom is -0.492 e. The van der Waals surface area contributed by atoms with Crippen LogP contribution >= 0.6 is 0 Å². The number of aromatic amines is 1. The van der Waals surface area contributed by atoms with Gasteiger partial charge in [-0.15, -0.1) is 0 Å². The molecule has 3 aromatic carbocycles. The molecule has 0 unspecified atom stereocenters. The molecule has 1 atom stereocenters. The predicted molar refractivity (Wildman–Crippen MR) is 128 cm³/mol. The summed E-state index contributed by atoms with van der Waals surface area (Å²) in [6, 6.07) is 24.1. The number of hydrogen-bond acceptors (Lipinski definition) is 2. The fourth-order valence-corrected chi connectivity index (χ4v) is 4.59. The van der Waals surface area contributed by atoms with E-state index in [1.165, 1.54) is 16.5 Å². The third kappa shape index (κ3) is 3.60. The Morgan fingerprint density at radius 2 is 1.81 bits per heavy atom. The number of ether oxygens (including phenoxy) is 1. The van der Waals surface area contributed by atoms with Crippen LogP contribution in [0.2, 0.25) is 0 Å². The molecule has 32 heavy (non-hydrogen) atoms. The van der Waals surface area contributed by atoms with Crippen LogP contribution in [0.5, 0.6) is 5.75 Å². The molecular formula is C27H27N3O2. The van der Waals surface area contributed by atoms with Crippen LogP contribution in [-0.2, 0) is 6.42 Å². The average molecular weight is 426 g/mol. The van der Waals surface area contributed by atoms with E-state index in [-0.39, 0.29) is 12.1 Å². The number of carbonyl (C=O) groups excluding carboxylic acids is 1. The number of nitrogens with zero attached hydrogens (tertiary/aromatic N) is 1. The Morgan fingerprint density at radius 1 is 1.06 bits per heavy atom. The Kier molecular flexibility index (Phi) is 5.31. The van der Waals surface area contributed by atoms with Crippen LogP contribution in [-0.4, -0.2) is 29.1 Å². The molecule has 0 fully saturated rings. The second kappa shape index (κ2) is 8.42. The molecule has 5 heteroatoms. The number of urea groups is 1. The lowest BCUT2D eigenvalue weighted by Crippen LogP contribution is -2.43. The van der Waals surface area contributed by atoms with E-state index >= 15 is 0 Å². The van der Waals surface area contributed by atoms with Crippen molar-refractivity contribution >= 4 is 22.6 Å². The first-order valence-corrected chi connectivity index (χ1v) is 11.1. The molecule has 0 saturated carbocycles. The van der Waals surface area contributed by atoms with Crippen molar-refractivity contribution < 1.29 is 9.53 Å². The van der Waals surface area contributed by atoms with Crippen LogP contribution in [0, 0.1) is 6.92 Å². The molecule has 4 aromatic rings. The maximum atomic E-state index is 13.5. The number of para-hydroxylation sites is 3. The van der Waals surface area contributed by atoms with Crippen molar-refractivity contribution in [3.63, 3.8) is 0 Å². The van der Waals surface area contributed by atoms with Gasteiger partial charge in [-0.1, -0.05) is 60.2 Å². The lowest BCUT2D eigenvalue weighted by atomic mass is 9.92. The zero-order valence-corrected chi connectivity index (χ0v) is 18.4. The summed E-state index contributed by atoms with van der Waals surface area (Å²) in [6.07, 6.45) is 0.808. The van der Waals surface area contributed by atoms with Gasteiger partial charge in [-0.3, -0.25) is 0 Å². The minimum absolute atomic E-state index is 0.132. The molecule has 0 aliphatic carbocycles. The van der Waals surface area contributed by atoms with E-state index < -0.39 is 0 Å². The van der Waals surface area contributed by atoms with Gasteiger partial charge in [0.25, 0.3) is 0 Å². The topological polar surface area (TPSA) is 57.4 Å². The number of fused-ring (bicyclic) bond motifs is 3. The number of aromatic nitrogens is 1. The standard InChI is InChI=1S/C27H27N3O2/c1-3-32-24-11-7-6-10-23(24)29-27(31)30-17-16-21-20-8-4-5-9-22(20)28-25(21)26(30)19-14-12-18(2)13-15-19/h4-15,26,28H,3,16-17H2,1-2H3,(H,29,31)/t26-/m1/s1. The number of nitrogens with one attached hydrogen (secondary N) is 2. The summed E-state index contributed by atoms with van der Waals surface area (Å²) >= 11 is 0. The number of anilines is 1. The average Bonchev–Trinajstić information content (AvgIpc) is 3.19. The largest absolute Gasteiger partial charge is 0.492 e. The molecular weight excluding hydrogens is 398 g/mol. The van der Waals surface area contributed by atoms with E-state index in [0.29, 0.717) is 24.6 Å². The highest BCUT2D eigenvalue weighted by Crippen LogP contribution is 2.39. The first-order chi connectivity index (χ1) is 15.7. The predicted octanol–water partition coefficient (Wildman–Crippen LogP) is 6.05. The van der Waals surface area contributed by atoms with E-state index in [4.69, 9.17) is 4.74 Å². The smallest absolute Gasteiger partial charge is 0.322 e. The Morgan fingerprint density at radius 3 is 2.62 bits per heavy atom. The molecule has 5 nitrogen and oxygen atoms in total. The zero-order valence-electron chi connectivity index (χ0n) is 18.4. The maximum absolute atomic E-state index is 13.5. The molecule has 1 aliphatic heterocycles. The van der Waals surface area contributed by atoms with Crippen molar-refractivity contribution in [1.82, 2.24) is 9.88 Å². The Labute approximate surface area is 188 Å². The maximum Gasteiger partial charge on any atom is 0.322 e. The van der Waals surface area contributed by atoms with Crippen molar-refractivity contribution in [2.45, 2.75) is 26.3 Å². The number of H-pyrrole nitrogens is 1. The van der Waals surface area contributed by atoms with Crippen molar-refractivity contribution in [3.05, 3.63) is 95.2 Å². The second-order valence-corrected chi connectivity index (χ2v) is 8.18. The van der Waals surface area contributed by atoms with Gasteiger partial charge in [-0.2, -0.15) is 0 Å². The number of amides is 2. The van der Waals surface area contributed by atoms with Crippen molar-refractivity contribution in [1.29, 1.82) is 0 Å².